The Labute approximate surface area is 241 Å². The summed E-state index contributed by atoms with van der Waals surface area (Å²) in [5.41, 5.74) is 2.57. The number of thioether (sulfide) groups is 1. The zero-order chi connectivity index (χ0) is 27.9. The summed E-state index contributed by atoms with van der Waals surface area (Å²) in [6.45, 7) is 1.12. The standard InChI is InChI=1S/C30H30ClN3O5S/c1-37-23-12-8-20(9-13-23)17-32-28(35)5-3-2-4-14-34-29(36)24-15-26-27(39-19-38-26)16-25(24)33-30(34)40-18-21-6-10-22(31)11-7-21/h6-13,15-16H,2-5,14,17-19H2,1H3,(H,32,35). The number of nitrogens with one attached hydrogen (secondary N) is 1. The molecule has 1 aromatic heterocycles. The fourth-order valence-electron chi connectivity index (χ4n) is 4.39. The molecule has 1 N–H and O–H groups in total. The first-order valence-corrected chi connectivity index (χ1v) is 14.5. The van der Waals surface area contributed by atoms with Gasteiger partial charge in [-0.25, -0.2) is 4.98 Å². The Morgan fingerprint density at radius 1 is 1.02 bits per heavy atom. The van der Waals surface area contributed by atoms with E-state index in [2.05, 4.69) is 5.32 Å². The average Bonchev–Trinajstić information content (AvgIpc) is 3.43. The van der Waals surface area contributed by atoms with Crippen molar-refractivity contribution in [1.29, 1.82) is 0 Å². The summed E-state index contributed by atoms with van der Waals surface area (Å²) in [5.74, 6) is 2.59. The monoisotopic (exact) mass is 579 g/mol. The van der Waals surface area contributed by atoms with Gasteiger partial charge < -0.3 is 19.5 Å². The van der Waals surface area contributed by atoms with E-state index in [1.54, 1.807) is 23.8 Å². The number of rotatable bonds is 12. The number of nitrogens with zero attached hydrogens (tertiary/aromatic N) is 2. The molecule has 0 bridgehead atoms. The number of hydrogen-bond donors (Lipinski definition) is 1. The predicted molar refractivity (Wildman–Crippen MR) is 156 cm³/mol. The summed E-state index contributed by atoms with van der Waals surface area (Å²) in [5, 5.41) is 4.78. The van der Waals surface area contributed by atoms with E-state index in [0.717, 1.165) is 36.1 Å². The van der Waals surface area contributed by atoms with Gasteiger partial charge in [-0.1, -0.05) is 54.0 Å². The van der Waals surface area contributed by atoms with Crippen LogP contribution in [0.25, 0.3) is 10.9 Å². The topological polar surface area (TPSA) is 91.7 Å². The number of methoxy groups -OCH3 is 1. The molecule has 0 atom stereocenters. The molecule has 1 aliphatic heterocycles. The van der Waals surface area contributed by atoms with Gasteiger partial charge in [0.05, 0.1) is 18.0 Å². The Bertz CT molecular complexity index is 1540. The zero-order valence-electron chi connectivity index (χ0n) is 22.2. The molecule has 8 nitrogen and oxygen atoms in total. The SMILES string of the molecule is COc1ccc(CNC(=O)CCCCCn2c(SCc3ccc(Cl)cc3)nc3cc4c(cc3c2=O)OCO4)cc1. The van der Waals surface area contributed by atoms with Gasteiger partial charge in [0.1, 0.15) is 5.75 Å². The van der Waals surface area contributed by atoms with Crippen LogP contribution in [0.3, 0.4) is 0 Å². The maximum atomic E-state index is 13.6. The van der Waals surface area contributed by atoms with E-state index in [1.807, 2.05) is 48.5 Å². The van der Waals surface area contributed by atoms with Gasteiger partial charge in [0.2, 0.25) is 12.7 Å². The van der Waals surface area contributed by atoms with Crippen molar-refractivity contribution in [3.8, 4) is 17.2 Å². The third-order valence-electron chi connectivity index (χ3n) is 6.63. The molecule has 4 aromatic rings. The fourth-order valence-corrected chi connectivity index (χ4v) is 5.50. The number of benzene rings is 3. The minimum Gasteiger partial charge on any atom is -0.497 e. The summed E-state index contributed by atoms with van der Waals surface area (Å²) in [7, 11) is 1.63. The van der Waals surface area contributed by atoms with Crippen LogP contribution in [-0.2, 0) is 23.6 Å². The third kappa shape index (κ3) is 6.89. The number of fused-ring (bicyclic) bond motifs is 2. The lowest BCUT2D eigenvalue weighted by Gasteiger charge is -2.14. The van der Waals surface area contributed by atoms with Crippen LogP contribution in [0.1, 0.15) is 36.8 Å². The summed E-state index contributed by atoms with van der Waals surface area (Å²) in [4.78, 5) is 30.7. The van der Waals surface area contributed by atoms with E-state index in [1.165, 1.54) is 11.8 Å². The van der Waals surface area contributed by atoms with Gasteiger partial charge >= 0.3 is 0 Å². The first-order chi connectivity index (χ1) is 19.5. The normalized spacial score (nSPS) is 12.1. The Kier molecular flexibility index (Phi) is 9.13. The van der Waals surface area contributed by atoms with E-state index in [9.17, 15) is 9.59 Å². The maximum absolute atomic E-state index is 13.6. The van der Waals surface area contributed by atoms with Crippen LogP contribution in [0, 0.1) is 0 Å². The van der Waals surface area contributed by atoms with E-state index < -0.39 is 0 Å². The van der Waals surface area contributed by atoms with Crippen molar-refractivity contribution in [3.63, 3.8) is 0 Å². The second kappa shape index (κ2) is 13.1. The van der Waals surface area contributed by atoms with Crippen molar-refractivity contribution in [1.82, 2.24) is 14.9 Å². The van der Waals surface area contributed by atoms with Gasteiger partial charge in [-0.3, -0.25) is 14.2 Å². The first kappa shape index (κ1) is 27.9. The minimum atomic E-state index is -0.112. The quantitative estimate of drug-likeness (QED) is 0.126. The molecule has 0 spiro atoms. The molecule has 0 saturated carbocycles. The second-order valence-electron chi connectivity index (χ2n) is 9.42. The van der Waals surface area contributed by atoms with Crippen LogP contribution in [0.5, 0.6) is 17.2 Å². The third-order valence-corrected chi connectivity index (χ3v) is 7.93. The Morgan fingerprint density at radius 2 is 1.75 bits per heavy atom. The number of halogens is 1. The Morgan fingerprint density at radius 3 is 2.50 bits per heavy atom. The van der Waals surface area contributed by atoms with Crippen molar-refractivity contribution in [3.05, 3.63) is 87.2 Å². The van der Waals surface area contributed by atoms with Crippen LogP contribution in [0.15, 0.2) is 70.6 Å². The van der Waals surface area contributed by atoms with Gasteiger partial charge in [-0.2, -0.15) is 0 Å². The average molecular weight is 580 g/mol. The van der Waals surface area contributed by atoms with Crippen LogP contribution < -0.4 is 25.1 Å². The molecule has 10 heteroatoms. The number of amides is 1. The largest absolute Gasteiger partial charge is 0.497 e. The maximum Gasteiger partial charge on any atom is 0.262 e. The molecule has 0 saturated heterocycles. The van der Waals surface area contributed by atoms with E-state index in [0.29, 0.717) is 57.8 Å². The van der Waals surface area contributed by atoms with Crippen LogP contribution in [-0.4, -0.2) is 29.4 Å². The Balaban J connectivity index is 1.20. The van der Waals surface area contributed by atoms with Crippen molar-refractivity contribution in [2.45, 2.75) is 49.7 Å². The van der Waals surface area contributed by atoms with Gasteiger partial charge in [-0.05, 0) is 54.3 Å². The molecule has 1 aliphatic rings. The molecule has 2 heterocycles. The predicted octanol–water partition coefficient (Wildman–Crippen LogP) is 5.96. The van der Waals surface area contributed by atoms with Gasteiger partial charge in [0.15, 0.2) is 16.7 Å². The molecule has 5 rings (SSSR count). The number of hydrogen-bond acceptors (Lipinski definition) is 7. The molecule has 1 amide bonds. The summed E-state index contributed by atoms with van der Waals surface area (Å²) >= 11 is 7.54. The molecule has 0 unspecified atom stereocenters. The van der Waals surface area contributed by atoms with Crippen LogP contribution in [0.2, 0.25) is 5.02 Å². The molecule has 40 heavy (non-hydrogen) atoms. The number of carbonyl (C=O) groups excluding carboxylic acids is 1. The fraction of sp³-hybridized carbons (Fsp3) is 0.300. The first-order valence-electron chi connectivity index (χ1n) is 13.1. The van der Waals surface area contributed by atoms with Crippen molar-refractivity contribution >= 4 is 40.2 Å². The second-order valence-corrected chi connectivity index (χ2v) is 10.8. The smallest absolute Gasteiger partial charge is 0.262 e. The van der Waals surface area contributed by atoms with Gasteiger partial charge in [-0.15, -0.1) is 0 Å². The van der Waals surface area contributed by atoms with E-state index in [4.69, 9.17) is 30.8 Å². The summed E-state index contributed by atoms with van der Waals surface area (Å²) in [6, 6.07) is 18.7. The molecule has 0 aliphatic carbocycles. The zero-order valence-corrected chi connectivity index (χ0v) is 23.7. The highest BCUT2D eigenvalue weighted by atomic mass is 35.5. The molecular weight excluding hydrogens is 550 g/mol. The number of aromatic nitrogens is 2. The van der Waals surface area contributed by atoms with Crippen molar-refractivity contribution < 1.29 is 19.0 Å². The number of unbranched alkanes of at least 4 members (excludes halogenated alkanes) is 2. The molecule has 208 valence electrons. The van der Waals surface area contributed by atoms with Crippen LogP contribution >= 0.6 is 23.4 Å². The molecular formula is C30H30ClN3O5S. The van der Waals surface area contributed by atoms with E-state index in [-0.39, 0.29) is 18.3 Å². The lowest BCUT2D eigenvalue weighted by molar-refractivity contribution is -0.121. The number of ether oxygens (including phenoxy) is 3. The molecule has 3 aromatic carbocycles. The Hall–Kier alpha value is -3.69. The highest BCUT2D eigenvalue weighted by Crippen LogP contribution is 2.35. The van der Waals surface area contributed by atoms with Crippen molar-refractivity contribution in [2.75, 3.05) is 13.9 Å². The summed E-state index contributed by atoms with van der Waals surface area (Å²) < 4.78 is 17.9. The van der Waals surface area contributed by atoms with Crippen molar-refractivity contribution in [2.24, 2.45) is 0 Å². The number of carbonyl (C=O) groups is 1. The van der Waals surface area contributed by atoms with Gasteiger partial charge in [0.25, 0.3) is 5.56 Å². The molecule has 0 radical (unpaired) electrons. The summed E-state index contributed by atoms with van der Waals surface area (Å²) in [6.07, 6.45) is 2.72. The highest BCUT2D eigenvalue weighted by Gasteiger charge is 2.19. The molecule has 0 fully saturated rings. The minimum absolute atomic E-state index is 0.00985. The van der Waals surface area contributed by atoms with Gasteiger partial charge in [0, 0.05) is 36.4 Å². The lowest BCUT2D eigenvalue weighted by atomic mass is 10.1. The van der Waals surface area contributed by atoms with E-state index >= 15 is 0 Å². The lowest BCUT2D eigenvalue weighted by Crippen LogP contribution is -2.24. The highest BCUT2D eigenvalue weighted by molar-refractivity contribution is 7.98. The van der Waals surface area contributed by atoms with Crippen LogP contribution in [0.4, 0.5) is 0 Å².